The van der Waals surface area contributed by atoms with Crippen LogP contribution in [-0.2, 0) is 11.5 Å². The van der Waals surface area contributed by atoms with Gasteiger partial charge < -0.3 is 9.64 Å². The molecule has 0 amide bonds. The normalized spacial score (nSPS) is 15.5. The van der Waals surface area contributed by atoms with Gasteiger partial charge in [-0.1, -0.05) is 49.4 Å². The van der Waals surface area contributed by atoms with Gasteiger partial charge in [0.2, 0.25) is 0 Å². The number of ether oxygens (including phenoxy) is 1. The molecule has 0 bridgehead atoms. The number of nitrogens with zero attached hydrogens (tertiary/aromatic N) is 5. The summed E-state index contributed by atoms with van der Waals surface area (Å²) in [6, 6.07) is 10.7. The Hall–Kier alpha value is -2.95. The minimum absolute atomic E-state index is 0.119. The van der Waals surface area contributed by atoms with Crippen LogP contribution >= 0.6 is 11.6 Å². The van der Waals surface area contributed by atoms with Gasteiger partial charge in [0.05, 0.1) is 29.3 Å². The zero-order chi connectivity index (χ0) is 27.1. The lowest BCUT2D eigenvalue weighted by Gasteiger charge is -2.23. The molecule has 3 aromatic heterocycles. The van der Waals surface area contributed by atoms with Gasteiger partial charge in [-0.2, -0.15) is 0 Å². The molecule has 38 heavy (non-hydrogen) atoms. The molecular weight excluding hydrogens is 531 g/mol. The van der Waals surface area contributed by atoms with Gasteiger partial charge in [-0.3, -0.25) is 4.57 Å². The van der Waals surface area contributed by atoms with Gasteiger partial charge in [-0.15, -0.1) is 0 Å². The Morgan fingerprint density at radius 3 is 2.61 bits per heavy atom. The molecule has 0 saturated carbocycles. The van der Waals surface area contributed by atoms with Crippen LogP contribution in [0.1, 0.15) is 6.42 Å². The topological polar surface area (TPSA) is 56.1 Å². The van der Waals surface area contributed by atoms with Gasteiger partial charge in [-0.25, -0.2) is 28.1 Å². The molecule has 6 nitrogen and oxygen atoms in total. The first-order chi connectivity index (χ1) is 18.0. The van der Waals surface area contributed by atoms with E-state index in [1.54, 1.807) is 41.4 Å². The van der Waals surface area contributed by atoms with E-state index in [0.717, 1.165) is 6.04 Å². The lowest BCUT2D eigenvalue weighted by atomic mass is 9.99. The minimum atomic E-state index is -2.84. The predicted molar refractivity (Wildman–Crippen MR) is 147 cm³/mol. The zero-order valence-corrected chi connectivity index (χ0v) is 23.3. The van der Waals surface area contributed by atoms with Crippen LogP contribution < -0.4 is 4.90 Å². The molecule has 0 radical (unpaired) electrons. The van der Waals surface area contributed by atoms with Crippen molar-refractivity contribution in [2.24, 2.45) is 0 Å². The van der Waals surface area contributed by atoms with Crippen molar-refractivity contribution < 1.29 is 17.9 Å². The molecule has 1 aliphatic heterocycles. The van der Waals surface area contributed by atoms with Crippen molar-refractivity contribution in [3.8, 4) is 22.5 Å². The fourth-order valence-corrected chi connectivity index (χ4v) is 5.50. The van der Waals surface area contributed by atoms with Crippen LogP contribution in [0.3, 0.4) is 0 Å². The lowest BCUT2D eigenvalue weighted by Crippen LogP contribution is -2.26. The number of aromatic nitrogens is 4. The van der Waals surface area contributed by atoms with Crippen molar-refractivity contribution in [1.82, 2.24) is 19.5 Å². The number of benzene rings is 1. The Morgan fingerprint density at radius 1 is 1.11 bits per heavy atom. The second-order valence-corrected chi connectivity index (χ2v) is 16.8. The fraction of sp³-hybridized carbons (Fsp3) is 0.370. The number of imidazole rings is 1. The van der Waals surface area contributed by atoms with Crippen LogP contribution in [0.2, 0.25) is 30.8 Å². The average molecular weight is 560 g/mol. The maximum atomic E-state index is 15.1. The summed E-state index contributed by atoms with van der Waals surface area (Å²) in [6.45, 7) is 7.18. The number of hydrogen-bond acceptors (Lipinski definition) is 5. The van der Waals surface area contributed by atoms with Gasteiger partial charge in [0.25, 0.3) is 5.92 Å². The third kappa shape index (κ3) is 5.57. The van der Waals surface area contributed by atoms with Crippen LogP contribution in [0, 0.1) is 5.82 Å². The molecule has 11 heteroatoms. The summed E-state index contributed by atoms with van der Waals surface area (Å²) in [5.41, 5.74) is 2.51. The van der Waals surface area contributed by atoms with Gasteiger partial charge in [0, 0.05) is 51.0 Å². The van der Waals surface area contributed by atoms with E-state index in [-0.39, 0.29) is 24.8 Å². The van der Waals surface area contributed by atoms with E-state index in [2.05, 4.69) is 29.6 Å². The molecule has 0 N–H and O–H groups in total. The molecule has 1 aromatic carbocycles. The molecule has 0 unspecified atom stereocenters. The number of hydrogen-bond donors (Lipinski definition) is 0. The standard InChI is InChI=1S/C27H29ClF3N5OSi/c1-38(2,3)13-12-37-17-36-22-15-33-23(28)14-21(22)34-26(36)24-19(18-6-4-5-7-20(18)29)8-10-32-25(24)35-11-9-27(30,31)16-35/h4-8,10,14-15H,9,11-13,16-17H2,1-3H3. The van der Waals surface area contributed by atoms with E-state index in [0.29, 0.717) is 46.0 Å². The molecule has 1 fully saturated rings. The molecule has 5 rings (SSSR count). The van der Waals surface area contributed by atoms with E-state index in [4.69, 9.17) is 21.3 Å². The molecule has 4 heterocycles. The highest BCUT2D eigenvalue weighted by Gasteiger charge is 2.40. The Bertz CT molecular complexity index is 1470. The second kappa shape index (κ2) is 10.3. The Morgan fingerprint density at radius 2 is 1.89 bits per heavy atom. The van der Waals surface area contributed by atoms with E-state index in [1.165, 1.54) is 12.3 Å². The third-order valence-corrected chi connectivity index (χ3v) is 8.52. The molecule has 200 valence electrons. The highest BCUT2D eigenvalue weighted by molar-refractivity contribution is 6.76. The van der Waals surface area contributed by atoms with Crippen LogP contribution in [0.25, 0.3) is 33.5 Å². The first-order valence-corrected chi connectivity index (χ1v) is 16.6. The Labute approximate surface area is 225 Å². The van der Waals surface area contributed by atoms with E-state index < -0.39 is 26.4 Å². The Kier molecular flexibility index (Phi) is 7.23. The first kappa shape index (κ1) is 26.6. The molecule has 1 saturated heterocycles. The maximum absolute atomic E-state index is 15.1. The number of halogens is 4. The first-order valence-electron chi connectivity index (χ1n) is 12.5. The highest BCUT2D eigenvalue weighted by Crippen LogP contribution is 2.42. The summed E-state index contributed by atoms with van der Waals surface area (Å²) in [5, 5.41) is 0.272. The summed E-state index contributed by atoms with van der Waals surface area (Å²) in [6.07, 6.45) is 2.85. The average Bonchev–Trinajstić information content (AvgIpc) is 3.40. The molecule has 0 aliphatic carbocycles. The van der Waals surface area contributed by atoms with Gasteiger partial charge in [0.1, 0.15) is 29.3 Å². The molecular formula is C27H29ClF3N5OSi. The Balaban J connectivity index is 1.70. The van der Waals surface area contributed by atoms with E-state index in [9.17, 15) is 8.78 Å². The quantitative estimate of drug-likeness (QED) is 0.131. The van der Waals surface area contributed by atoms with Crippen LogP contribution in [-0.4, -0.2) is 53.2 Å². The van der Waals surface area contributed by atoms with Crippen molar-refractivity contribution in [2.75, 3.05) is 24.6 Å². The van der Waals surface area contributed by atoms with Crippen molar-refractivity contribution in [2.45, 2.75) is 44.8 Å². The summed E-state index contributed by atoms with van der Waals surface area (Å²) in [4.78, 5) is 15.1. The monoisotopic (exact) mass is 559 g/mol. The summed E-state index contributed by atoms with van der Waals surface area (Å²) >= 11 is 6.18. The molecule has 4 aromatic rings. The van der Waals surface area contributed by atoms with E-state index in [1.807, 2.05) is 4.57 Å². The highest BCUT2D eigenvalue weighted by atomic mass is 35.5. The number of fused-ring (bicyclic) bond motifs is 1. The number of anilines is 1. The number of alkyl halides is 2. The maximum Gasteiger partial charge on any atom is 0.266 e. The third-order valence-electron chi connectivity index (χ3n) is 6.61. The van der Waals surface area contributed by atoms with Crippen LogP contribution in [0.5, 0.6) is 0 Å². The van der Waals surface area contributed by atoms with Crippen LogP contribution in [0.4, 0.5) is 19.0 Å². The van der Waals surface area contributed by atoms with Gasteiger partial charge in [-0.05, 0) is 18.2 Å². The molecule has 0 spiro atoms. The van der Waals surface area contributed by atoms with Crippen molar-refractivity contribution in [3.63, 3.8) is 0 Å². The summed E-state index contributed by atoms with van der Waals surface area (Å²) < 4.78 is 51.6. The summed E-state index contributed by atoms with van der Waals surface area (Å²) in [5.74, 6) is -2.53. The lowest BCUT2D eigenvalue weighted by molar-refractivity contribution is 0.0256. The second-order valence-electron chi connectivity index (χ2n) is 10.8. The van der Waals surface area contributed by atoms with Gasteiger partial charge in [0.15, 0.2) is 0 Å². The number of pyridine rings is 2. The largest absolute Gasteiger partial charge is 0.361 e. The van der Waals surface area contributed by atoms with Crippen LogP contribution in [0.15, 0.2) is 48.8 Å². The van der Waals surface area contributed by atoms with Crippen molar-refractivity contribution in [1.29, 1.82) is 0 Å². The SMILES string of the molecule is C[Si](C)(C)CCOCn1c(-c2c(-c3ccccc3F)ccnc2N2CCC(F)(F)C2)nc2cc(Cl)ncc21. The number of rotatable bonds is 8. The zero-order valence-electron chi connectivity index (χ0n) is 21.5. The molecule has 0 atom stereocenters. The smallest absolute Gasteiger partial charge is 0.266 e. The van der Waals surface area contributed by atoms with Crippen molar-refractivity contribution >= 4 is 36.5 Å². The minimum Gasteiger partial charge on any atom is -0.361 e. The van der Waals surface area contributed by atoms with Gasteiger partial charge >= 0.3 is 0 Å². The predicted octanol–water partition coefficient (Wildman–Crippen LogP) is 7.11. The van der Waals surface area contributed by atoms with E-state index >= 15 is 4.39 Å². The fourth-order valence-electron chi connectivity index (χ4n) is 4.59. The molecule has 1 aliphatic rings. The summed E-state index contributed by atoms with van der Waals surface area (Å²) in [7, 11) is -1.33. The van der Waals surface area contributed by atoms with Crippen molar-refractivity contribution in [3.05, 3.63) is 59.8 Å².